The van der Waals surface area contributed by atoms with E-state index < -0.39 is 5.97 Å². The van der Waals surface area contributed by atoms with Gasteiger partial charge in [0.05, 0.1) is 18.3 Å². The van der Waals surface area contributed by atoms with Gasteiger partial charge in [0.1, 0.15) is 0 Å². The number of rotatable bonds is 3. The molecule has 0 aromatic heterocycles. The molecule has 4 nitrogen and oxygen atoms in total. The van der Waals surface area contributed by atoms with E-state index >= 15 is 0 Å². The first kappa shape index (κ1) is 15.5. The van der Waals surface area contributed by atoms with Gasteiger partial charge in [-0.1, -0.05) is 28.1 Å². The number of methoxy groups -OCH3 is 1. The molecule has 1 aromatic rings. The van der Waals surface area contributed by atoms with Gasteiger partial charge < -0.3 is 9.64 Å². The van der Waals surface area contributed by atoms with Crippen molar-refractivity contribution in [3.05, 3.63) is 51.1 Å². The summed E-state index contributed by atoms with van der Waals surface area (Å²) in [5, 5.41) is 0. The Kier molecular flexibility index (Phi) is 4.63. The maximum atomic E-state index is 12.4. The SMILES string of the molecule is CCN1C(=O)/C(=C\c2ccc(Br)cc2)C(C(=O)OC)=C1C. The fourth-order valence-corrected chi connectivity index (χ4v) is 2.60. The van der Waals surface area contributed by atoms with Crippen LogP contribution >= 0.6 is 15.9 Å². The van der Waals surface area contributed by atoms with Crippen molar-refractivity contribution in [3.63, 3.8) is 0 Å². The number of likely N-dealkylation sites (N-methyl/N-ethyl adjacent to an activating group) is 1. The molecule has 0 bridgehead atoms. The quantitative estimate of drug-likeness (QED) is 0.622. The van der Waals surface area contributed by atoms with E-state index in [0.717, 1.165) is 10.0 Å². The predicted octanol–water partition coefficient (Wildman–Crippen LogP) is 3.14. The number of allylic oxidation sites excluding steroid dienone is 1. The third-order valence-electron chi connectivity index (χ3n) is 3.40. The summed E-state index contributed by atoms with van der Waals surface area (Å²) >= 11 is 3.37. The molecule has 0 unspecified atom stereocenters. The van der Waals surface area contributed by atoms with Crippen LogP contribution in [0.4, 0.5) is 0 Å². The fourth-order valence-electron chi connectivity index (χ4n) is 2.33. The highest BCUT2D eigenvalue weighted by molar-refractivity contribution is 9.10. The van der Waals surface area contributed by atoms with Gasteiger partial charge in [-0.05, 0) is 37.6 Å². The average Bonchev–Trinajstić information content (AvgIpc) is 2.71. The molecular formula is C16H16BrNO3. The molecular weight excluding hydrogens is 334 g/mol. The summed E-state index contributed by atoms with van der Waals surface area (Å²) in [6.07, 6.45) is 1.72. The van der Waals surface area contributed by atoms with Crippen molar-refractivity contribution in [1.82, 2.24) is 4.90 Å². The van der Waals surface area contributed by atoms with E-state index in [-0.39, 0.29) is 5.91 Å². The minimum atomic E-state index is -0.486. The Morgan fingerprint density at radius 2 is 1.95 bits per heavy atom. The summed E-state index contributed by atoms with van der Waals surface area (Å²) in [5.41, 5.74) is 2.21. The van der Waals surface area contributed by atoms with E-state index in [4.69, 9.17) is 4.74 Å². The molecule has 0 radical (unpaired) electrons. The molecule has 21 heavy (non-hydrogen) atoms. The van der Waals surface area contributed by atoms with E-state index in [2.05, 4.69) is 15.9 Å². The third kappa shape index (κ3) is 2.93. The van der Waals surface area contributed by atoms with Crippen LogP contribution in [-0.2, 0) is 14.3 Å². The van der Waals surface area contributed by atoms with Crippen LogP contribution < -0.4 is 0 Å². The molecule has 2 rings (SSSR count). The predicted molar refractivity (Wildman–Crippen MR) is 84.2 cm³/mol. The summed E-state index contributed by atoms with van der Waals surface area (Å²) < 4.78 is 5.76. The van der Waals surface area contributed by atoms with Gasteiger partial charge in [0, 0.05) is 16.7 Å². The lowest BCUT2D eigenvalue weighted by atomic mass is 10.0. The molecule has 0 spiro atoms. The highest BCUT2D eigenvalue weighted by atomic mass is 79.9. The molecule has 0 N–H and O–H groups in total. The average molecular weight is 350 g/mol. The second-order valence-corrected chi connectivity index (χ2v) is 5.53. The second-order valence-electron chi connectivity index (χ2n) is 4.61. The largest absolute Gasteiger partial charge is 0.465 e. The molecule has 1 aliphatic heterocycles. The number of benzene rings is 1. The number of carbonyl (C=O) groups excluding carboxylic acids is 2. The van der Waals surface area contributed by atoms with Crippen LogP contribution in [0.5, 0.6) is 0 Å². The van der Waals surface area contributed by atoms with Gasteiger partial charge in [0.25, 0.3) is 5.91 Å². The minimum Gasteiger partial charge on any atom is -0.465 e. The number of carbonyl (C=O) groups is 2. The standard InChI is InChI=1S/C16H16BrNO3/c1-4-18-10(2)14(16(20)21-3)13(15(18)19)9-11-5-7-12(17)8-6-11/h5-9H,4H2,1-3H3/b13-9-. The lowest BCUT2D eigenvalue weighted by molar-refractivity contribution is -0.136. The molecule has 1 heterocycles. The number of hydrogen-bond acceptors (Lipinski definition) is 3. The van der Waals surface area contributed by atoms with Crippen molar-refractivity contribution < 1.29 is 14.3 Å². The molecule has 1 aromatic carbocycles. The van der Waals surface area contributed by atoms with Crippen molar-refractivity contribution in [2.45, 2.75) is 13.8 Å². The Morgan fingerprint density at radius 1 is 1.33 bits per heavy atom. The summed E-state index contributed by atoms with van der Waals surface area (Å²) in [5.74, 6) is -0.654. The van der Waals surface area contributed by atoms with Crippen molar-refractivity contribution in [2.75, 3.05) is 13.7 Å². The first-order valence-corrected chi connectivity index (χ1v) is 7.37. The van der Waals surface area contributed by atoms with E-state index in [1.165, 1.54) is 7.11 Å². The van der Waals surface area contributed by atoms with Gasteiger partial charge in [-0.15, -0.1) is 0 Å². The van der Waals surface area contributed by atoms with Crippen molar-refractivity contribution in [1.29, 1.82) is 0 Å². The summed E-state index contributed by atoms with van der Waals surface area (Å²) in [6.45, 7) is 4.15. The van der Waals surface area contributed by atoms with Gasteiger partial charge in [0.2, 0.25) is 0 Å². The molecule has 5 heteroatoms. The first-order chi connectivity index (χ1) is 9.99. The Hall–Kier alpha value is -1.88. The molecule has 110 valence electrons. The summed E-state index contributed by atoms with van der Waals surface area (Å²) in [7, 11) is 1.32. The fraction of sp³-hybridized carbons (Fsp3) is 0.250. The van der Waals surface area contributed by atoms with Crippen molar-refractivity contribution in [2.24, 2.45) is 0 Å². The third-order valence-corrected chi connectivity index (χ3v) is 3.93. The molecule has 0 fully saturated rings. The van der Waals surface area contributed by atoms with Crippen LogP contribution in [0.15, 0.2) is 45.6 Å². The van der Waals surface area contributed by atoms with Gasteiger partial charge in [-0.3, -0.25) is 4.79 Å². The number of hydrogen-bond donors (Lipinski definition) is 0. The maximum absolute atomic E-state index is 12.4. The van der Waals surface area contributed by atoms with Crippen molar-refractivity contribution in [3.8, 4) is 0 Å². The Labute approximate surface area is 132 Å². The van der Waals surface area contributed by atoms with Crippen LogP contribution in [0.3, 0.4) is 0 Å². The zero-order valence-electron chi connectivity index (χ0n) is 12.1. The van der Waals surface area contributed by atoms with Gasteiger partial charge in [0.15, 0.2) is 0 Å². The van der Waals surface area contributed by atoms with Crippen LogP contribution in [-0.4, -0.2) is 30.4 Å². The number of esters is 1. The first-order valence-electron chi connectivity index (χ1n) is 6.58. The monoisotopic (exact) mass is 349 g/mol. The van der Waals surface area contributed by atoms with Gasteiger partial charge in [-0.25, -0.2) is 4.79 Å². The highest BCUT2D eigenvalue weighted by Gasteiger charge is 2.35. The molecule has 0 saturated heterocycles. The number of ether oxygens (including phenoxy) is 1. The molecule has 0 atom stereocenters. The number of halogens is 1. The highest BCUT2D eigenvalue weighted by Crippen LogP contribution is 2.31. The normalized spacial score (nSPS) is 16.9. The van der Waals surface area contributed by atoms with Crippen LogP contribution in [0, 0.1) is 0 Å². The molecule has 0 saturated carbocycles. The lowest BCUT2D eigenvalue weighted by Gasteiger charge is -2.14. The Bertz CT molecular complexity index is 644. The maximum Gasteiger partial charge on any atom is 0.340 e. The molecule has 1 aliphatic rings. The van der Waals surface area contributed by atoms with E-state index in [0.29, 0.717) is 23.4 Å². The lowest BCUT2D eigenvalue weighted by Crippen LogP contribution is -2.24. The smallest absolute Gasteiger partial charge is 0.340 e. The second kappa shape index (κ2) is 6.26. The summed E-state index contributed by atoms with van der Waals surface area (Å²) in [4.78, 5) is 26.0. The number of amides is 1. The van der Waals surface area contributed by atoms with E-state index in [9.17, 15) is 9.59 Å². The zero-order valence-corrected chi connectivity index (χ0v) is 13.7. The van der Waals surface area contributed by atoms with E-state index in [1.54, 1.807) is 17.9 Å². The van der Waals surface area contributed by atoms with Crippen LogP contribution in [0.1, 0.15) is 19.4 Å². The van der Waals surface area contributed by atoms with Crippen molar-refractivity contribution >= 4 is 33.9 Å². The van der Waals surface area contributed by atoms with Gasteiger partial charge >= 0.3 is 5.97 Å². The minimum absolute atomic E-state index is 0.168. The summed E-state index contributed by atoms with van der Waals surface area (Å²) in [6, 6.07) is 7.53. The Balaban J connectivity index is 2.52. The zero-order chi connectivity index (χ0) is 15.6. The van der Waals surface area contributed by atoms with E-state index in [1.807, 2.05) is 31.2 Å². The van der Waals surface area contributed by atoms with Gasteiger partial charge in [-0.2, -0.15) is 0 Å². The van der Waals surface area contributed by atoms with Crippen LogP contribution in [0.25, 0.3) is 6.08 Å². The van der Waals surface area contributed by atoms with Crippen LogP contribution in [0.2, 0.25) is 0 Å². The number of nitrogens with zero attached hydrogens (tertiary/aromatic N) is 1. The molecule has 1 amide bonds. The topological polar surface area (TPSA) is 46.6 Å². The molecule has 0 aliphatic carbocycles. The Morgan fingerprint density at radius 3 is 2.48 bits per heavy atom.